The zero-order chi connectivity index (χ0) is 15.2. The van der Waals surface area contributed by atoms with Crippen LogP contribution in [0.1, 0.15) is 34.6 Å². The molecule has 0 aliphatic heterocycles. The van der Waals surface area contributed by atoms with Crippen LogP contribution in [0.15, 0.2) is 0 Å². The van der Waals surface area contributed by atoms with Gasteiger partial charge >= 0.3 is 6.09 Å². The number of carbonyl (C=O) groups excluding carboxylic acids is 2. The molecule has 112 valence electrons. The average Bonchev–Trinajstić information content (AvgIpc) is 2.23. The van der Waals surface area contributed by atoms with Crippen molar-refractivity contribution in [2.45, 2.75) is 46.3 Å². The molecule has 3 N–H and O–H groups in total. The molecule has 0 aromatic carbocycles. The minimum absolute atomic E-state index is 0.150. The van der Waals surface area contributed by atoms with E-state index in [4.69, 9.17) is 9.94 Å². The van der Waals surface area contributed by atoms with Crippen molar-refractivity contribution < 1.29 is 24.6 Å². The van der Waals surface area contributed by atoms with E-state index in [0.717, 1.165) is 0 Å². The van der Waals surface area contributed by atoms with Gasteiger partial charge in [0.25, 0.3) is 5.91 Å². The molecule has 0 rings (SSSR count). The van der Waals surface area contributed by atoms with Gasteiger partial charge < -0.3 is 14.7 Å². The number of nitrogens with zero attached hydrogens (tertiary/aromatic N) is 1. The number of carbonyl (C=O) groups is 2. The quantitative estimate of drug-likeness (QED) is 0.508. The summed E-state index contributed by atoms with van der Waals surface area (Å²) in [4.78, 5) is 24.2. The second-order valence-corrected chi connectivity index (χ2v) is 5.77. The minimum atomic E-state index is -1.50. The maximum atomic E-state index is 11.9. The molecule has 0 saturated heterocycles. The highest BCUT2D eigenvalue weighted by atomic mass is 16.6. The average molecular weight is 276 g/mol. The van der Waals surface area contributed by atoms with E-state index in [1.165, 1.54) is 10.4 Å². The van der Waals surface area contributed by atoms with Gasteiger partial charge in [-0.15, -0.1) is 0 Å². The minimum Gasteiger partial charge on any atom is -0.444 e. The zero-order valence-corrected chi connectivity index (χ0v) is 12.1. The molecule has 0 aliphatic rings. The van der Waals surface area contributed by atoms with Crippen LogP contribution in [-0.4, -0.2) is 52.0 Å². The normalized spacial score (nSPS) is 13.1. The van der Waals surface area contributed by atoms with Crippen LogP contribution in [0.4, 0.5) is 4.79 Å². The Labute approximate surface area is 113 Å². The Morgan fingerprint density at radius 2 is 1.79 bits per heavy atom. The summed E-state index contributed by atoms with van der Waals surface area (Å²) in [5, 5.41) is 18.0. The number of hydrogen-bond acceptors (Lipinski definition) is 5. The molecule has 2 amide bonds. The van der Waals surface area contributed by atoms with Crippen molar-refractivity contribution in [2.24, 2.45) is 5.92 Å². The lowest BCUT2D eigenvalue weighted by Crippen LogP contribution is -2.47. The number of rotatable bonds is 5. The highest BCUT2D eigenvalue weighted by Gasteiger charge is 2.26. The van der Waals surface area contributed by atoms with E-state index in [9.17, 15) is 14.7 Å². The molecule has 0 spiro atoms. The lowest BCUT2D eigenvalue weighted by molar-refractivity contribution is -0.138. The molecule has 19 heavy (non-hydrogen) atoms. The molecule has 1 atom stereocenters. The Morgan fingerprint density at radius 1 is 1.26 bits per heavy atom. The van der Waals surface area contributed by atoms with Crippen LogP contribution >= 0.6 is 0 Å². The van der Waals surface area contributed by atoms with Crippen molar-refractivity contribution >= 4 is 12.0 Å². The van der Waals surface area contributed by atoms with Crippen LogP contribution in [0.25, 0.3) is 0 Å². The summed E-state index contributed by atoms with van der Waals surface area (Å²) in [5.74, 6) is -0.811. The first-order valence-electron chi connectivity index (χ1n) is 6.16. The lowest BCUT2D eigenvalue weighted by atomic mass is 10.2. The molecule has 0 heterocycles. The summed E-state index contributed by atoms with van der Waals surface area (Å²) >= 11 is 0. The molecule has 0 saturated carbocycles. The first-order valence-corrected chi connectivity index (χ1v) is 6.16. The highest BCUT2D eigenvalue weighted by Crippen LogP contribution is 2.11. The Morgan fingerprint density at radius 3 is 2.16 bits per heavy atom. The first kappa shape index (κ1) is 17.7. The number of hydrogen-bond donors (Lipinski definition) is 3. The topological polar surface area (TPSA) is 99.1 Å². The summed E-state index contributed by atoms with van der Waals surface area (Å²) in [6.07, 6.45) is -2.11. The zero-order valence-electron chi connectivity index (χ0n) is 12.1. The van der Waals surface area contributed by atoms with E-state index in [2.05, 4.69) is 0 Å². The number of aliphatic hydroxyl groups is 1. The molecule has 0 bridgehead atoms. The second kappa shape index (κ2) is 7.30. The summed E-state index contributed by atoms with van der Waals surface area (Å²) in [7, 11) is 0. The number of hydroxylamine groups is 1. The fraction of sp³-hybridized carbons (Fsp3) is 0.833. The van der Waals surface area contributed by atoms with Crippen molar-refractivity contribution in [3.05, 3.63) is 0 Å². The molecule has 7 nitrogen and oxygen atoms in total. The predicted molar refractivity (Wildman–Crippen MR) is 68.6 cm³/mol. The Kier molecular flexibility index (Phi) is 6.78. The number of amides is 2. The molecule has 7 heteroatoms. The summed E-state index contributed by atoms with van der Waals surface area (Å²) in [5.41, 5.74) is 0.687. The molecular formula is C12H24N2O5. The van der Waals surface area contributed by atoms with E-state index >= 15 is 0 Å². The van der Waals surface area contributed by atoms with Gasteiger partial charge in [-0.2, -0.15) is 0 Å². The van der Waals surface area contributed by atoms with Crippen molar-refractivity contribution in [2.75, 3.05) is 13.1 Å². The fourth-order valence-electron chi connectivity index (χ4n) is 1.36. The van der Waals surface area contributed by atoms with E-state index in [1.54, 1.807) is 20.8 Å². The molecular weight excluding hydrogens is 252 g/mol. The van der Waals surface area contributed by atoms with Gasteiger partial charge in [0.15, 0.2) is 6.10 Å². The molecule has 0 radical (unpaired) electrons. The standard InChI is InChI=1S/C12H24N2O5/c1-8(2)6-14(7-9(15)10(16)13-18)11(17)19-12(3,4)5/h8-9,15,18H,6-7H2,1-5H3,(H,13,16)/t9-/m0/s1. The lowest BCUT2D eigenvalue weighted by Gasteiger charge is -2.29. The largest absolute Gasteiger partial charge is 0.444 e. The van der Waals surface area contributed by atoms with E-state index in [1.807, 2.05) is 13.8 Å². The maximum absolute atomic E-state index is 11.9. The second-order valence-electron chi connectivity index (χ2n) is 5.77. The molecule has 0 fully saturated rings. The smallest absolute Gasteiger partial charge is 0.410 e. The Bertz CT molecular complexity index is 312. The van der Waals surface area contributed by atoms with Gasteiger partial charge in [-0.1, -0.05) is 13.8 Å². The van der Waals surface area contributed by atoms with Crippen molar-refractivity contribution in [1.29, 1.82) is 0 Å². The maximum Gasteiger partial charge on any atom is 0.410 e. The van der Waals surface area contributed by atoms with Crippen molar-refractivity contribution in [3.63, 3.8) is 0 Å². The number of nitrogens with one attached hydrogen (secondary N) is 1. The van der Waals surface area contributed by atoms with Gasteiger partial charge in [0.1, 0.15) is 5.60 Å². The van der Waals surface area contributed by atoms with E-state index in [0.29, 0.717) is 6.54 Å². The Hall–Kier alpha value is -1.34. The van der Waals surface area contributed by atoms with Crippen LogP contribution in [0.5, 0.6) is 0 Å². The van der Waals surface area contributed by atoms with Crippen molar-refractivity contribution in [1.82, 2.24) is 10.4 Å². The van der Waals surface area contributed by atoms with Crippen LogP contribution in [-0.2, 0) is 9.53 Å². The van der Waals surface area contributed by atoms with Gasteiger partial charge in [-0.05, 0) is 26.7 Å². The molecule has 0 aromatic rings. The summed E-state index contributed by atoms with van der Waals surface area (Å²) in [6, 6.07) is 0. The van der Waals surface area contributed by atoms with Gasteiger partial charge in [0, 0.05) is 6.54 Å². The van der Waals surface area contributed by atoms with Gasteiger partial charge in [-0.3, -0.25) is 10.0 Å². The van der Waals surface area contributed by atoms with Gasteiger partial charge in [0.05, 0.1) is 6.54 Å². The van der Waals surface area contributed by atoms with Crippen LogP contribution < -0.4 is 5.48 Å². The van der Waals surface area contributed by atoms with Gasteiger partial charge in [-0.25, -0.2) is 10.3 Å². The third-order valence-corrected chi connectivity index (χ3v) is 2.04. The predicted octanol–water partition coefficient (Wildman–Crippen LogP) is 0.746. The highest BCUT2D eigenvalue weighted by molar-refractivity contribution is 5.80. The summed E-state index contributed by atoms with van der Waals surface area (Å²) < 4.78 is 5.20. The van der Waals surface area contributed by atoms with Crippen LogP contribution in [0.2, 0.25) is 0 Å². The molecule has 0 aromatic heterocycles. The van der Waals surface area contributed by atoms with Crippen LogP contribution in [0, 0.1) is 5.92 Å². The van der Waals surface area contributed by atoms with E-state index < -0.39 is 23.7 Å². The first-order chi connectivity index (χ1) is 8.56. The van der Waals surface area contributed by atoms with Crippen LogP contribution in [0.3, 0.4) is 0 Å². The number of aliphatic hydroxyl groups excluding tert-OH is 1. The fourth-order valence-corrected chi connectivity index (χ4v) is 1.36. The number of ether oxygens (including phenoxy) is 1. The molecule has 0 unspecified atom stereocenters. The van der Waals surface area contributed by atoms with Crippen molar-refractivity contribution in [3.8, 4) is 0 Å². The SMILES string of the molecule is CC(C)CN(C[C@H](O)C(=O)NO)C(=O)OC(C)(C)C. The van der Waals surface area contributed by atoms with Gasteiger partial charge in [0.2, 0.25) is 0 Å². The third kappa shape index (κ3) is 7.63. The van der Waals surface area contributed by atoms with E-state index in [-0.39, 0.29) is 12.5 Å². The summed E-state index contributed by atoms with van der Waals surface area (Å²) in [6.45, 7) is 9.09. The monoisotopic (exact) mass is 276 g/mol. The third-order valence-electron chi connectivity index (χ3n) is 2.04. The molecule has 0 aliphatic carbocycles. The Balaban J connectivity index is 4.72.